The van der Waals surface area contributed by atoms with Crippen LogP contribution in [-0.2, 0) is 9.53 Å². The monoisotopic (exact) mass is 247 g/mol. The number of rotatable bonds is 1. The van der Waals surface area contributed by atoms with Crippen LogP contribution in [0.25, 0.3) is 0 Å². The molecule has 2 rings (SSSR count). The molecule has 74 valence electrons. The van der Waals surface area contributed by atoms with E-state index in [1.807, 2.05) is 11.8 Å². The highest BCUT2D eigenvalue weighted by Crippen LogP contribution is 2.30. The van der Waals surface area contributed by atoms with Gasteiger partial charge in [-0.1, -0.05) is 15.9 Å². The van der Waals surface area contributed by atoms with Gasteiger partial charge in [0.15, 0.2) is 5.60 Å². The van der Waals surface area contributed by atoms with Crippen molar-refractivity contribution >= 4 is 21.8 Å². The summed E-state index contributed by atoms with van der Waals surface area (Å²) in [5, 5.41) is 0.585. The number of hydrogen-bond acceptors (Lipinski definition) is 2. The second-order valence-corrected chi connectivity index (χ2v) is 4.53. The van der Waals surface area contributed by atoms with Gasteiger partial charge in [0, 0.05) is 11.9 Å². The molecule has 0 bridgehead atoms. The Bertz CT molecular complexity index is 234. The molecule has 0 aromatic heterocycles. The first-order valence-electron chi connectivity index (χ1n) is 4.68. The molecule has 0 aromatic carbocycles. The molecular weight excluding hydrogens is 234 g/mol. The Labute approximate surface area is 86.5 Å². The predicted octanol–water partition coefficient (Wildman–Crippen LogP) is 1.16. The number of carbonyl (C=O) groups is 1. The summed E-state index contributed by atoms with van der Waals surface area (Å²) in [5.41, 5.74) is -0.624. The number of hydrogen-bond donors (Lipinski definition) is 0. The van der Waals surface area contributed by atoms with Crippen LogP contribution in [0, 0.1) is 0 Å². The summed E-state index contributed by atoms with van der Waals surface area (Å²) in [7, 11) is 0. The van der Waals surface area contributed by atoms with E-state index in [4.69, 9.17) is 4.74 Å². The van der Waals surface area contributed by atoms with Gasteiger partial charge in [-0.3, -0.25) is 4.79 Å². The van der Waals surface area contributed by atoms with Crippen molar-refractivity contribution in [3.63, 3.8) is 0 Å². The third-order valence-electron chi connectivity index (χ3n) is 2.94. The molecule has 0 radical (unpaired) electrons. The van der Waals surface area contributed by atoms with Crippen molar-refractivity contribution in [2.75, 3.05) is 18.5 Å². The van der Waals surface area contributed by atoms with Crippen LogP contribution in [0.4, 0.5) is 0 Å². The minimum atomic E-state index is -0.624. The summed E-state index contributed by atoms with van der Waals surface area (Å²) in [6, 6.07) is 0.347. The Hall–Kier alpha value is -0.0900. The highest BCUT2D eigenvalue weighted by Gasteiger charge is 2.45. The van der Waals surface area contributed by atoms with Crippen molar-refractivity contribution in [2.45, 2.75) is 31.4 Å². The number of fused-ring (bicyclic) bond motifs is 1. The average molecular weight is 248 g/mol. The molecule has 0 aromatic rings. The van der Waals surface area contributed by atoms with Crippen molar-refractivity contribution in [1.29, 1.82) is 0 Å². The number of amides is 1. The van der Waals surface area contributed by atoms with E-state index in [-0.39, 0.29) is 5.91 Å². The van der Waals surface area contributed by atoms with Crippen LogP contribution in [0.3, 0.4) is 0 Å². The van der Waals surface area contributed by atoms with E-state index < -0.39 is 5.60 Å². The maximum atomic E-state index is 11.9. The van der Waals surface area contributed by atoms with Gasteiger partial charge in [-0.2, -0.15) is 0 Å². The van der Waals surface area contributed by atoms with E-state index in [9.17, 15) is 4.79 Å². The quantitative estimate of drug-likeness (QED) is 0.652. The zero-order chi connectivity index (χ0) is 9.47. The summed E-state index contributed by atoms with van der Waals surface area (Å²) in [6.07, 6.45) is 2.22. The molecule has 0 saturated carbocycles. The van der Waals surface area contributed by atoms with Gasteiger partial charge in [0.25, 0.3) is 5.91 Å². The summed E-state index contributed by atoms with van der Waals surface area (Å²) in [6.45, 7) is 3.47. The number of morpholine rings is 1. The lowest BCUT2D eigenvalue weighted by Gasteiger charge is -2.40. The van der Waals surface area contributed by atoms with Crippen molar-refractivity contribution < 1.29 is 9.53 Å². The van der Waals surface area contributed by atoms with Gasteiger partial charge in [0.1, 0.15) is 0 Å². The number of alkyl halides is 1. The summed E-state index contributed by atoms with van der Waals surface area (Å²) < 4.78 is 5.60. The van der Waals surface area contributed by atoms with E-state index in [0.29, 0.717) is 18.0 Å². The first-order valence-corrected chi connectivity index (χ1v) is 5.80. The van der Waals surface area contributed by atoms with Crippen LogP contribution >= 0.6 is 15.9 Å². The first-order chi connectivity index (χ1) is 6.17. The Morgan fingerprint density at radius 3 is 3.23 bits per heavy atom. The molecule has 1 amide bonds. The molecule has 2 fully saturated rings. The Kier molecular flexibility index (Phi) is 2.36. The Morgan fingerprint density at radius 2 is 2.54 bits per heavy atom. The zero-order valence-corrected chi connectivity index (χ0v) is 9.34. The molecule has 3 nitrogen and oxygen atoms in total. The Morgan fingerprint density at radius 1 is 1.77 bits per heavy atom. The second-order valence-electron chi connectivity index (χ2n) is 3.97. The smallest absolute Gasteiger partial charge is 0.255 e. The highest BCUT2D eigenvalue weighted by molar-refractivity contribution is 9.09. The van der Waals surface area contributed by atoms with E-state index in [1.54, 1.807) is 0 Å². The van der Waals surface area contributed by atoms with E-state index in [2.05, 4.69) is 15.9 Å². The van der Waals surface area contributed by atoms with Crippen molar-refractivity contribution in [1.82, 2.24) is 4.90 Å². The number of nitrogens with zero attached hydrogens (tertiary/aromatic N) is 1. The van der Waals surface area contributed by atoms with E-state index in [1.165, 1.54) is 0 Å². The van der Waals surface area contributed by atoms with Gasteiger partial charge in [-0.05, 0) is 19.8 Å². The third kappa shape index (κ3) is 1.40. The van der Waals surface area contributed by atoms with Crippen LogP contribution in [-0.4, -0.2) is 40.9 Å². The second kappa shape index (κ2) is 3.24. The van der Waals surface area contributed by atoms with Gasteiger partial charge in [-0.25, -0.2) is 0 Å². The molecule has 2 saturated heterocycles. The SMILES string of the molecule is CC1(CBr)OC[C@H]2CCCN2C1=O. The summed E-state index contributed by atoms with van der Waals surface area (Å²) >= 11 is 3.33. The lowest BCUT2D eigenvalue weighted by Crippen LogP contribution is -2.58. The van der Waals surface area contributed by atoms with Crippen molar-refractivity contribution in [2.24, 2.45) is 0 Å². The topological polar surface area (TPSA) is 29.5 Å². The molecule has 2 aliphatic rings. The molecule has 2 aliphatic heterocycles. The molecular formula is C9H14BrNO2. The van der Waals surface area contributed by atoms with Crippen LogP contribution in [0.1, 0.15) is 19.8 Å². The van der Waals surface area contributed by atoms with Crippen LogP contribution in [0.2, 0.25) is 0 Å². The molecule has 0 aliphatic carbocycles. The zero-order valence-electron chi connectivity index (χ0n) is 7.75. The summed E-state index contributed by atoms with van der Waals surface area (Å²) in [4.78, 5) is 13.9. The highest BCUT2D eigenvalue weighted by atomic mass is 79.9. The third-order valence-corrected chi connectivity index (χ3v) is 4.01. The maximum absolute atomic E-state index is 11.9. The molecule has 4 heteroatoms. The molecule has 0 spiro atoms. The van der Waals surface area contributed by atoms with Gasteiger partial charge >= 0.3 is 0 Å². The largest absolute Gasteiger partial charge is 0.362 e. The molecule has 2 heterocycles. The van der Waals surface area contributed by atoms with Crippen molar-refractivity contribution in [3.05, 3.63) is 0 Å². The van der Waals surface area contributed by atoms with Crippen LogP contribution < -0.4 is 0 Å². The predicted molar refractivity (Wildman–Crippen MR) is 52.9 cm³/mol. The molecule has 1 unspecified atom stereocenters. The molecule has 13 heavy (non-hydrogen) atoms. The fraction of sp³-hybridized carbons (Fsp3) is 0.889. The maximum Gasteiger partial charge on any atom is 0.255 e. The van der Waals surface area contributed by atoms with Gasteiger partial charge in [-0.15, -0.1) is 0 Å². The number of carbonyl (C=O) groups excluding carboxylic acids is 1. The van der Waals surface area contributed by atoms with Gasteiger partial charge in [0.2, 0.25) is 0 Å². The first kappa shape index (κ1) is 9.46. The summed E-state index contributed by atoms with van der Waals surface area (Å²) in [5.74, 6) is 0.151. The van der Waals surface area contributed by atoms with Crippen LogP contribution in [0.15, 0.2) is 0 Å². The number of ether oxygens (including phenoxy) is 1. The average Bonchev–Trinajstić information content (AvgIpc) is 2.60. The standard InChI is InChI=1S/C9H14BrNO2/c1-9(6-10)8(12)11-4-2-3-7(11)5-13-9/h7H,2-6H2,1H3/t7-,9?/m1/s1. The normalized spacial score (nSPS) is 39.4. The minimum Gasteiger partial charge on any atom is -0.362 e. The molecule has 0 N–H and O–H groups in total. The fourth-order valence-electron chi connectivity index (χ4n) is 2.02. The number of halogens is 1. The fourth-order valence-corrected chi connectivity index (χ4v) is 2.42. The van der Waals surface area contributed by atoms with E-state index in [0.717, 1.165) is 19.4 Å². The van der Waals surface area contributed by atoms with E-state index >= 15 is 0 Å². The van der Waals surface area contributed by atoms with Gasteiger partial charge < -0.3 is 9.64 Å². The lowest BCUT2D eigenvalue weighted by atomic mass is 10.0. The minimum absolute atomic E-state index is 0.151. The molecule has 2 atom stereocenters. The lowest BCUT2D eigenvalue weighted by molar-refractivity contribution is -0.169. The van der Waals surface area contributed by atoms with Crippen molar-refractivity contribution in [3.8, 4) is 0 Å². The van der Waals surface area contributed by atoms with Gasteiger partial charge in [0.05, 0.1) is 12.6 Å². The Balaban J connectivity index is 2.17. The van der Waals surface area contributed by atoms with Crippen LogP contribution in [0.5, 0.6) is 0 Å².